The van der Waals surface area contributed by atoms with Crippen LogP contribution in [0.5, 0.6) is 5.75 Å². The van der Waals surface area contributed by atoms with Crippen molar-refractivity contribution in [2.75, 3.05) is 30.5 Å². The Hall–Kier alpha value is -3.70. The van der Waals surface area contributed by atoms with E-state index in [1.807, 2.05) is 6.92 Å². The lowest BCUT2D eigenvalue weighted by molar-refractivity contribution is -0.152. The van der Waals surface area contributed by atoms with Gasteiger partial charge in [0, 0.05) is 11.5 Å². The van der Waals surface area contributed by atoms with Gasteiger partial charge in [-0.1, -0.05) is 45.4 Å². The second-order valence-corrected chi connectivity index (χ2v) is 20.9. The first kappa shape index (κ1) is 44.7. The maximum atomic E-state index is 13.8. The minimum atomic E-state index is -2.65. The van der Waals surface area contributed by atoms with Crippen LogP contribution in [0, 0.1) is 0 Å². The quantitative estimate of drug-likeness (QED) is 0.0762. The maximum Gasteiger partial charge on any atom is 0.432 e. The van der Waals surface area contributed by atoms with Crippen LogP contribution in [0.1, 0.15) is 86.6 Å². The molecule has 14 nitrogen and oxygen atoms in total. The summed E-state index contributed by atoms with van der Waals surface area (Å²) in [5, 5.41) is 14.7. The number of fused-ring (bicyclic) bond motifs is 1. The topological polar surface area (TPSA) is 170 Å². The second kappa shape index (κ2) is 18.8. The number of nitrogens with zero attached hydrogens (tertiary/aromatic N) is 4. The van der Waals surface area contributed by atoms with Crippen molar-refractivity contribution < 1.29 is 46.9 Å². The lowest BCUT2D eigenvalue weighted by Crippen LogP contribution is -2.45. The molecule has 54 heavy (non-hydrogen) atoms. The van der Waals surface area contributed by atoms with Gasteiger partial charge >= 0.3 is 18.2 Å². The number of esters is 1. The van der Waals surface area contributed by atoms with Crippen molar-refractivity contribution in [2.45, 2.75) is 111 Å². The number of anilines is 1. The van der Waals surface area contributed by atoms with Crippen LogP contribution in [0.15, 0.2) is 36.4 Å². The van der Waals surface area contributed by atoms with Crippen LogP contribution in [-0.2, 0) is 36.4 Å². The molecule has 2 N–H and O–H groups in total. The molecule has 0 spiro atoms. The van der Waals surface area contributed by atoms with Crippen molar-refractivity contribution in [3.05, 3.63) is 52.7 Å². The summed E-state index contributed by atoms with van der Waals surface area (Å²) in [4.78, 5) is 39.9. The average molecular weight is 811 g/mol. The molecule has 0 bridgehead atoms. The van der Waals surface area contributed by atoms with E-state index in [0.29, 0.717) is 34.3 Å². The molecule has 2 aromatic carbocycles. The molecule has 300 valence electrons. The molecule has 1 amide bonds. The van der Waals surface area contributed by atoms with E-state index < -0.39 is 61.6 Å². The molecular weight excluding hydrogens is 756 g/mol. The first-order valence-electron chi connectivity index (χ1n) is 18.1. The van der Waals surface area contributed by atoms with Crippen molar-refractivity contribution in [3.8, 4) is 5.75 Å². The molecule has 17 heteroatoms. The van der Waals surface area contributed by atoms with Crippen molar-refractivity contribution >= 4 is 65.9 Å². The minimum absolute atomic E-state index is 0.0209. The van der Waals surface area contributed by atoms with Gasteiger partial charge in [0.15, 0.2) is 8.32 Å². The molecule has 3 aromatic rings. The number of aromatic nitrogens is 2. The number of hydrogen-bond donors (Lipinski definition) is 2. The summed E-state index contributed by atoms with van der Waals surface area (Å²) in [6.45, 7) is 18.1. The average Bonchev–Trinajstić information content (AvgIpc) is 3.46. The molecule has 0 saturated heterocycles. The van der Waals surface area contributed by atoms with E-state index in [2.05, 4.69) is 25.9 Å². The Balaban J connectivity index is 2.03. The fourth-order valence-electron chi connectivity index (χ4n) is 5.86. The van der Waals surface area contributed by atoms with Gasteiger partial charge < -0.3 is 28.6 Å². The van der Waals surface area contributed by atoms with Crippen LogP contribution >= 0.6 is 11.6 Å². The predicted molar refractivity (Wildman–Crippen MR) is 212 cm³/mol. The number of carbonyl (C=O) groups excluding carboxylic acids is 2. The number of halogens is 1. The summed E-state index contributed by atoms with van der Waals surface area (Å²) in [6.07, 6.45) is -2.00. The number of ether oxygens (including phenoxy) is 3. The van der Waals surface area contributed by atoms with Gasteiger partial charge in [0.1, 0.15) is 30.1 Å². The van der Waals surface area contributed by atoms with Crippen LogP contribution in [0.2, 0.25) is 23.2 Å². The molecule has 2 atom stereocenters. The number of rotatable bonds is 17. The normalized spacial score (nSPS) is 13.3. The Morgan fingerprint density at radius 3 is 2.13 bits per heavy atom. The summed E-state index contributed by atoms with van der Waals surface area (Å²) in [7, 11) is -2.37. The third-order valence-electron chi connectivity index (χ3n) is 8.73. The van der Waals surface area contributed by atoms with Crippen LogP contribution < -0.4 is 9.04 Å². The zero-order valence-electron chi connectivity index (χ0n) is 32.9. The minimum Gasteiger partial charge on any atom is -0.492 e. The van der Waals surface area contributed by atoms with Crippen LogP contribution in [0.3, 0.4) is 0 Å². The van der Waals surface area contributed by atoms with E-state index in [9.17, 15) is 28.3 Å². The number of benzene rings is 2. The highest BCUT2D eigenvalue weighted by Crippen LogP contribution is 2.36. The summed E-state index contributed by atoms with van der Waals surface area (Å²) >= 11 is 3.94. The fourth-order valence-corrected chi connectivity index (χ4v) is 9.48. The van der Waals surface area contributed by atoms with Gasteiger partial charge in [-0.25, -0.2) is 13.8 Å². The summed E-state index contributed by atoms with van der Waals surface area (Å²) < 4.78 is 49.1. The first-order valence-corrected chi connectivity index (χ1v) is 22.1. The Bertz CT molecular complexity index is 1800. The first-order chi connectivity index (χ1) is 25.2. The third-order valence-corrected chi connectivity index (χ3v) is 14.4. The van der Waals surface area contributed by atoms with Crippen molar-refractivity contribution in [3.63, 3.8) is 0 Å². The van der Waals surface area contributed by atoms with E-state index in [0.717, 1.165) is 27.1 Å². The Morgan fingerprint density at radius 1 is 0.963 bits per heavy atom. The highest BCUT2D eigenvalue weighted by molar-refractivity contribution is 7.80. The number of carboxylic acid groups (broad SMARTS) is 1. The van der Waals surface area contributed by atoms with Crippen LogP contribution in [0.25, 0.3) is 10.9 Å². The fraction of sp³-hybridized carbons (Fsp3) is 0.568. The number of carbonyl (C=O) groups is 3. The molecule has 0 fully saturated rings. The molecule has 2 unspecified atom stereocenters. The summed E-state index contributed by atoms with van der Waals surface area (Å²) in [5.74, 6) is -0.328. The zero-order chi connectivity index (χ0) is 40.6. The van der Waals surface area contributed by atoms with E-state index in [4.69, 9.17) is 30.2 Å². The number of amides is 1. The maximum absolute atomic E-state index is 13.8. The lowest BCUT2D eigenvalue weighted by atomic mass is 10.1. The van der Waals surface area contributed by atoms with Crippen molar-refractivity contribution in [2.24, 2.45) is 0 Å². The van der Waals surface area contributed by atoms with Gasteiger partial charge in [-0.15, -0.1) is 0 Å². The smallest absolute Gasteiger partial charge is 0.432 e. The Labute approximate surface area is 326 Å². The SMILES string of the molecule is CCc1nn(C(=O)O)c2cc(OCCN(CC(O[Si](CC)(CC)CC)c3ccc(Cl)c(N(CC(=O)OC(C)(C)C)S(=O)O)c3)C(=O)OC(C)(C)C)ccc12. The van der Waals surface area contributed by atoms with Crippen molar-refractivity contribution in [1.29, 1.82) is 0 Å². The van der Waals surface area contributed by atoms with Gasteiger partial charge in [-0.2, -0.15) is 9.78 Å². The van der Waals surface area contributed by atoms with Gasteiger partial charge in [0.25, 0.3) is 11.3 Å². The highest BCUT2D eigenvalue weighted by Gasteiger charge is 2.36. The Kier molecular flexibility index (Phi) is 15.5. The zero-order valence-corrected chi connectivity index (χ0v) is 35.5. The van der Waals surface area contributed by atoms with Gasteiger partial charge in [0.2, 0.25) is 0 Å². The predicted octanol–water partition coefficient (Wildman–Crippen LogP) is 8.44. The van der Waals surface area contributed by atoms with Crippen LogP contribution in [-0.4, -0.2) is 92.5 Å². The van der Waals surface area contributed by atoms with E-state index in [1.165, 1.54) is 4.90 Å². The van der Waals surface area contributed by atoms with E-state index >= 15 is 0 Å². The van der Waals surface area contributed by atoms with E-state index in [1.54, 1.807) is 77.9 Å². The largest absolute Gasteiger partial charge is 0.492 e. The van der Waals surface area contributed by atoms with Gasteiger partial charge in [-0.05, 0) is 95.9 Å². The molecule has 0 aliphatic carbocycles. The second-order valence-electron chi connectivity index (χ2n) is 14.9. The van der Waals surface area contributed by atoms with Gasteiger partial charge in [-0.3, -0.25) is 13.7 Å². The van der Waals surface area contributed by atoms with E-state index in [-0.39, 0.29) is 30.4 Å². The molecular formula is C37H55ClN4O10SSi. The van der Waals surface area contributed by atoms with Gasteiger partial charge in [0.05, 0.1) is 41.1 Å². The molecule has 0 radical (unpaired) electrons. The monoisotopic (exact) mass is 810 g/mol. The molecule has 0 aliphatic rings. The third kappa shape index (κ3) is 12.2. The molecule has 3 rings (SSSR count). The molecule has 0 saturated carbocycles. The molecule has 1 aromatic heterocycles. The molecule has 1 heterocycles. The number of aryl methyl sites for hydroxylation is 1. The molecule has 0 aliphatic heterocycles. The lowest BCUT2D eigenvalue weighted by Gasteiger charge is -2.37. The summed E-state index contributed by atoms with van der Waals surface area (Å²) in [6, 6.07) is 12.4. The standard InChI is InChI=1S/C37H55ClN4O10SSi/c1-11-29-27-17-16-26(22-30(27)42(39-29)34(44)45)49-20-19-40(35(46)51-37(8,9)10)23-32(52-54(12-2,13-3)14-4)25-15-18-28(38)31(21-25)41(53(47)48)24-33(43)50-36(5,6)7/h15-18,21-22,32H,11-14,19-20,23-24H2,1-10H3,(H,44,45)(H,47,48). The summed E-state index contributed by atoms with van der Waals surface area (Å²) in [5.41, 5.74) is 0.0718. The Morgan fingerprint density at radius 2 is 1.59 bits per heavy atom. The highest BCUT2D eigenvalue weighted by atomic mass is 35.5. The van der Waals surface area contributed by atoms with Crippen LogP contribution in [0.4, 0.5) is 15.3 Å². The number of hydrogen-bond acceptors (Lipinski definition) is 9. The van der Waals surface area contributed by atoms with Crippen molar-refractivity contribution in [1.82, 2.24) is 14.7 Å².